The summed E-state index contributed by atoms with van der Waals surface area (Å²) >= 11 is 6.81. The summed E-state index contributed by atoms with van der Waals surface area (Å²) in [6.07, 6.45) is 12.9. The van der Waals surface area contributed by atoms with Gasteiger partial charge in [0.1, 0.15) is 12.0 Å². The van der Waals surface area contributed by atoms with Crippen LogP contribution >= 0.6 is 11.8 Å². The molecule has 1 aromatic rings. The number of nitrogens with one attached hydrogen (secondary N) is 3. The number of allylic oxidation sites excluding steroid dienone is 2. The fourth-order valence-electron chi connectivity index (χ4n) is 5.66. The third-order valence-electron chi connectivity index (χ3n) is 8.00. The summed E-state index contributed by atoms with van der Waals surface area (Å²) < 4.78 is 18.7. The van der Waals surface area contributed by atoms with Crippen molar-refractivity contribution in [1.82, 2.24) is 20.0 Å². The van der Waals surface area contributed by atoms with Crippen molar-refractivity contribution >= 4 is 23.3 Å². The lowest BCUT2D eigenvalue weighted by Crippen LogP contribution is -2.45. The van der Waals surface area contributed by atoms with E-state index in [4.69, 9.17) is 26.0 Å². The minimum absolute atomic E-state index is 0.0147. The number of halogens is 1. The Balaban J connectivity index is 1.11. The molecular formula is C28H39ClN6O3. The SMILES string of the molecule is CC1(CNC2CCC(Nc3cc(C4=CC=CC(NCC5COCCC5C#N)N4Cl)ccn3)CC2)OCCO1. The third kappa shape index (κ3) is 6.87. The highest BCUT2D eigenvalue weighted by Gasteiger charge is 2.32. The maximum atomic E-state index is 9.45. The Hall–Kier alpha value is -2.19. The molecule has 0 spiro atoms. The Bertz CT molecular complexity index is 1030. The third-order valence-corrected chi connectivity index (χ3v) is 8.39. The molecule has 5 rings (SSSR count). The van der Waals surface area contributed by atoms with E-state index >= 15 is 0 Å². The van der Waals surface area contributed by atoms with Gasteiger partial charge in [0, 0.05) is 61.2 Å². The number of aromatic nitrogens is 1. The van der Waals surface area contributed by atoms with Gasteiger partial charge in [0.15, 0.2) is 5.79 Å². The van der Waals surface area contributed by atoms with Crippen LogP contribution in [0.25, 0.3) is 5.70 Å². The normalized spacial score (nSPS) is 31.0. The predicted molar refractivity (Wildman–Crippen MR) is 147 cm³/mol. The average molecular weight is 543 g/mol. The summed E-state index contributed by atoms with van der Waals surface area (Å²) in [6, 6.07) is 7.34. The fraction of sp³-hybridized carbons (Fsp3) is 0.643. The van der Waals surface area contributed by atoms with Crippen LogP contribution in [0, 0.1) is 23.2 Å². The molecule has 1 saturated carbocycles. The topological polar surface area (TPSA) is 104 Å². The molecule has 0 aromatic carbocycles. The zero-order valence-electron chi connectivity index (χ0n) is 22.1. The summed E-state index contributed by atoms with van der Waals surface area (Å²) in [6.45, 7) is 6.01. The number of pyridine rings is 1. The first-order chi connectivity index (χ1) is 18.5. The summed E-state index contributed by atoms with van der Waals surface area (Å²) in [5.41, 5.74) is 1.91. The van der Waals surface area contributed by atoms with Crippen LogP contribution in [0.3, 0.4) is 0 Å². The molecule has 1 aliphatic carbocycles. The van der Waals surface area contributed by atoms with Gasteiger partial charge in [-0.05, 0) is 63.3 Å². The van der Waals surface area contributed by atoms with Gasteiger partial charge in [0.2, 0.25) is 0 Å². The molecule has 38 heavy (non-hydrogen) atoms. The molecule has 0 radical (unpaired) electrons. The van der Waals surface area contributed by atoms with E-state index in [1.807, 2.05) is 37.4 Å². The predicted octanol–water partition coefficient (Wildman–Crippen LogP) is 3.62. The minimum Gasteiger partial charge on any atom is -0.381 e. The van der Waals surface area contributed by atoms with Gasteiger partial charge in [0.25, 0.3) is 0 Å². The number of ether oxygens (including phenoxy) is 3. The van der Waals surface area contributed by atoms with Gasteiger partial charge in [-0.3, -0.25) is 9.74 Å². The Kier molecular flexibility index (Phi) is 9.20. The van der Waals surface area contributed by atoms with E-state index in [0.29, 0.717) is 45.1 Å². The highest BCUT2D eigenvalue weighted by atomic mass is 35.5. The number of nitriles is 1. The number of hydrogen-bond acceptors (Lipinski definition) is 9. The Morgan fingerprint density at radius 1 is 1.13 bits per heavy atom. The zero-order chi connectivity index (χ0) is 26.4. The molecule has 3 fully saturated rings. The standard InChI is InChI=1S/C28H39ClN6O3/c1-28(37-13-14-38-28)19-33-23-5-7-24(8-6-23)34-26-15-20(9-11-31-26)25-3-2-4-27(35(25)29)32-17-22-18-36-12-10-21(22)16-30/h2-4,9,11,15,21-24,27,32-33H,5-8,10,12-14,17-19H2,1H3,(H,31,34). The van der Waals surface area contributed by atoms with Crippen LogP contribution in [0.15, 0.2) is 36.6 Å². The van der Waals surface area contributed by atoms with E-state index in [9.17, 15) is 5.26 Å². The van der Waals surface area contributed by atoms with E-state index in [1.165, 1.54) is 0 Å². The molecule has 2 saturated heterocycles. The lowest BCUT2D eigenvalue weighted by Gasteiger charge is -2.33. The monoisotopic (exact) mass is 542 g/mol. The van der Waals surface area contributed by atoms with Crippen LogP contribution in [0.1, 0.15) is 44.6 Å². The van der Waals surface area contributed by atoms with Crippen molar-refractivity contribution in [2.45, 2.75) is 63.1 Å². The Morgan fingerprint density at radius 2 is 1.92 bits per heavy atom. The van der Waals surface area contributed by atoms with Gasteiger partial charge in [-0.1, -0.05) is 6.08 Å². The molecule has 206 valence electrons. The van der Waals surface area contributed by atoms with E-state index in [1.54, 1.807) is 4.42 Å². The first-order valence-electron chi connectivity index (χ1n) is 13.8. The number of anilines is 1. The Labute approximate surface area is 230 Å². The summed E-state index contributed by atoms with van der Waals surface area (Å²) in [7, 11) is 0. The van der Waals surface area contributed by atoms with Crippen molar-refractivity contribution in [3.8, 4) is 6.07 Å². The van der Waals surface area contributed by atoms with Gasteiger partial charge in [0.05, 0.1) is 37.5 Å². The van der Waals surface area contributed by atoms with Gasteiger partial charge >= 0.3 is 0 Å². The van der Waals surface area contributed by atoms with Crippen LogP contribution in [0.5, 0.6) is 0 Å². The second-order valence-corrected chi connectivity index (χ2v) is 11.2. The molecule has 0 amide bonds. The van der Waals surface area contributed by atoms with Crippen molar-refractivity contribution in [3.63, 3.8) is 0 Å². The van der Waals surface area contributed by atoms with Crippen molar-refractivity contribution in [3.05, 3.63) is 42.1 Å². The lowest BCUT2D eigenvalue weighted by atomic mass is 9.89. The molecule has 3 atom stereocenters. The van der Waals surface area contributed by atoms with Gasteiger partial charge in [-0.25, -0.2) is 4.98 Å². The van der Waals surface area contributed by atoms with Crippen molar-refractivity contribution < 1.29 is 14.2 Å². The molecule has 9 nitrogen and oxygen atoms in total. The number of nitrogens with zero attached hydrogens (tertiary/aromatic N) is 3. The molecule has 10 heteroatoms. The second kappa shape index (κ2) is 12.8. The van der Waals surface area contributed by atoms with Crippen molar-refractivity contribution in [2.75, 3.05) is 44.8 Å². The van der Waals surface area contributed by atoms with Crippen molar-refractivity contribution in [1.29, 1.82) is 5.26 Å². The number of hydrogen-bond donors (Lipinski definition) is 3. The molecule has 3 aliphatic heterocycles. The average Bonchev–Trinajstić information content (AvgIpc) is 3.39. The Morgan fingerprint density at radius 3 is 2.71 bits per heavy atom. The second-order valence-electron chi connectivity index (χ2n) is 10.8. The highest BCUT2D eigenvalue weighted by Crippen LogP contribution is 2.30. The largest absolute Gasteiger partial charge is 0.381 e. The quantitative estimate of drug-likeness (QED) is 0.404. The number of rotatable bonds is 9. The minimum atomic E-state index is -0.489. The molecule has 3 N–H and O–H groups in total. The maximum absolute atomic E-state index is 9.45. The van der Waals surface area contributed by atoms with Gasteiger partial charge in [-0.15, -0.1) is 0 Å². The molecule has 1 aromatic heterocycles. The first kappa shape index (κ1) is 27.4. The van der Waals surface area contributed by atoms with Crippen LogP contribution in [0.4, 0.5) is 5.82 Å². The van der Waals surface area contributed by atoms with Crippen LogP contribution in [-0.2, 0) is 14.2 Å². The van der Waals surface area contributed by atoms with E-state index in [-0.39, 0.29) is 18.0 Å². The maximum Gasteiger partial charge on any atom is 0.178 e. The summed E-state index contributed by atoms with van der Waals surface area (Å²) in [5.74, 6) is 0.550. The van der Waals surface area contributed by atoms with E-state index in [0.717, 1.165) is 55.7 Å². The lowest BCUT2D eigenvalue weighted by molar-refractivity contribution is -0.139. The van der Waals surface area contributed by atoms with Gasteiger partial charge < -0.3 is 24.8 Å². The first-order valence-corrected chi connectivity index (χ1v) is 14.2. The fourth-order valence-corrected chi connectivity index (χ4v) is 5.95. The molecule has 0 bridgehead atoms. The van der Waals surface area contributed by atoms with Crippen molar-refractivity contribution in [2.24, 2.45) is 11.8 Å². The zero-order valence-corrected chi connectivity index (χ0v) is 22.8. The molecule has 4 heterocycles. The summed E-state index contributed by atoms with van der Waals surface area (Å²) in [4.78, 5) is 4.58. The molecular weight excluding hydrogens is 504 g/mol. The summed E-state index contributed by atoms with van der Waals surface area (Å²) in [5, 5.41) is 20.2. The van der Waals surface area contributed by atoms with E-state index < -0.39 is 5.79 Å². The molecule has 4 aliphatic rings. The van der Waals surface area contributed by atoms with Crippen LogP contribution < -0.4 is 16.0 Å². The van der Waals surface area contributed by atoms with E-state index in [2.05, 4.69) is 33.1 Å². The molecule has 3 unspecified atom stereocenters. The van der Waals surface area contributed by atoms with Crippen LogP contribution in [0.2, 0.25) is 0 Å². The van der Waals surface area contributed by atoms with Gasteiger partial charge in [-0.2, -0.15) is 5.26 Å². The highest BCUT2D eigenvalue weighted by molar-refractivity contribution is 6.18. The smallest absolute Gasteiger partial charge is 0.178 e. The van der Waals surface area contributed by atoms with Crippen LogP contribution in [-0.4, -0.2) is 73.0 Å².